The van der Waals surface area contributed by atoms with Crippen LogP contribution in [0.15, 0.2) is 52.6 Å². The molecule has 5 rings (SSSR count). The van der Waals surface area contributed by atoms with Gasteiger partial charge >= 0.3 is 0 Å². The first-order valence-corrected chi connectivity index (χ1v) is 9.80. The quantitative estimate of drug-likeness (QED) is 0.594. The first-order valence-electron chi connectivity index (χ1n) is 8.92. The van der Waals surface area contributed by atoms with E-state index in [-0.39, 0.29) is 24.1 Å². The molecule has 7 heteroatoms. The highest BCUT2D eigenvalue weighted by molar-refractivity contribution is 7.17. The Balaban J connectivity index is 1.36. The second-order valence-electron chi connectivity index (χ2n) is 6.97. The molecule has 1 amide bonds. The van der Waals surface area contributed by atoms with Crippen LogP contribution in [-0.2, 0) is 11.3 Å². The molecule has 3 aromatic heterocycles. The molecule has 1 aliphatic rings. The molecule has 0 bridgehead atoms. The molecule has 136 valence electrons. The molecule has 6 nitrogen and oxygen atoms in total. The minimum absolute atomic E-state index is 0.0625. The first kappa shape index (κ1) is 16.3. The number of fused-ring (bicyclic) bond motifs is 3. The smallest absolute Gasteiger partial charge is 0.291 e. The molecule has 1 aliphatic carbocycles. The zero-order chi connectivity index (χ0) is 18.5. The van der Waals surface area contributed by atoms with E-state index in [1.165, 1.54) is 10.2 Å². The molecule has 4 aromatic rings. The lowest BCUT2D eigenvalue weighted by molar-refractivity contribution is -0.122. The van der Waals surface area contributed by atoms with Gasteiger partial charge in [0.2, 0.25) is 5.91 Å². The van der Waals surface area contributed by atoms with Crippen molar-refractivity contribution in [3.05, 3.63) is 69.6 Å². The fourth-order valence-electron chi connectivity index (χ4n) is 3.75. The van der Waals surface area contributed by atoms with Crippen LogP contribution < -0.4 is 10.9 Å². The molecular weight excluding hydrogens is 360 g/mol. The number of amides is 1. The summed E-state index contributed by atoms with van der Waals surface area (Å²) in [5.41, 5.74) is 2.54. The van der Waals surface area contributed by atoms with Gasteiger partial charge < -0.3 is 5.32 Å². The predicted octanol–water partition coefficient (Wildman–Crippen LogP) is 2.69. The first-order chi connectivity index (χ1) is 13.1. The molecular formula is C20H18N4O2S. The van der Waals surface area contributed by atoms with E-state index < -0.39 is 0 Å². The normalized spacial score (nSPS) is 18.9. The monoisotopic (exact) mass is 378 g/mol. The molecule has 0 saturated heterocycles. The summed E-state index contributed by atoms with van der Waals surface area (Å²) in [6.07, 6.45) is 0.936. The van der Waals surface area contributed by atoms with E-state index in [0.717, 1.165) is 16.6 Å². The molecule has 1 N–H and O–H groups in total. The summed E-state index contributed by atoms with van der Waals surface area (Å²) in [6.45, 7) is 1.79. The van der Waals surface area contributed by atoms with Gasteiger partial charge in [-0.25, -0.2) is 4.68 Å². The van der Waals surface area contributed by atoms with E-state index in [1.807, 2.05) is 47.0 Å². The number of carbonyl (C=O) groups excluding carboxylic acids is 1. The van der Waals surface area contributed by atoms with Crippen LogP contribution in [-0.4, -0.2) is 26.1 Å². The summed E-state index contributed by atoms with van der Waals surface area (Å²) in [6, 6.07) is 14.2. The van der Waals surface area contributed by atoms with Gasteiger partial charge in [-0.3, -0.25) is 14.0 Å². The van der Waals surface area contributed by atoms with Crippen LogP contribution in [0.5, 0.6) is 0 Å². The van der Waals surface area contributed by atoms with Crippen LogP contribution in [0, 0.1) is 6.92 Å². The van der Waals surface area contributed by atoms with Crippen molar-refractivity contribution >= 4 is 33.0 Å². The lowest BCUT2D eigenvalue weighted by atomic mass is 10.1. The molecule has 1 saturated carbocycles. The van der Waals surface area contributed by atoms with Gasteiger partial charge in [0.25, 0.3) is 5.56 Å². The van der Waals surface area contributed by atoms with Gasteiger partial charge in [-0.15, -0.1) is 11.3 Å². The molecule has 3 heterocycles. The number of carbonyl (C=O) groups is 1. The van der Waals surface area contributed by atoms with Gasteiger partial charge in [-0.05, 0) is 36.4 Å². The van der Waals surface area contributed by atoms with Crippen molar-refractivity contribution in [1.29, 1.82) is 0 Å². The maximum Gasteiger partial charge on any atom is 0.291 e. The van der Waals surface area contributed by atoms with Crippen molar-refractivity contribution in [3.63, 3.8) is 0 Å². The van der Waals surface area contributed by atoms with Gasteiger partial charge in [-0.2, -0.15) is 5.10 Å². The topological polar surface area (TPSA) is 68.4 Å². The summed E-state index contributed by atoms with van der Waals surface area (Å²) in [5, 5.41) is 9.38. The maximum absolute atomic E-state index is 12.8. The number of aromatic nitrogens is 3. The van der Waals surface area contributed by atoms with Gasteiger partial charge in [0.15, 0.2) is 0 Å². The highest BCUT2D eigenvalue weighted by atomic mass is 32.1. The highest BCUT2D eigenvalue weighted by Crippen LogP contribution is 2.40. The summed E-state index contributed by atoms with van der Waals surface area (Å²) in [5.74, 6) is 0.881. The Labute approximate surface area is 159 Å². The van der Waals surface area contributed by atoms with Gasteiger partial charge in [0.05, 0.1) is 10.2 Å². The number of thiophene rings is 1. The standard InChI is InChI=1S/C20H18N4O2S/c1-12-22-23(20(26)17-10-18-16(24(12)17)7-8-27-18)11-19(25)21-15-9-14(15)13-5-3-2-4-6-13/h2-8,10,14-15H,9,11H2,1H3,(H,21,25)/t14-,15-/m1/s1. The third kappa shape index (κ3) is 2.75. The van der Waals surface area contributed by atoms with E-state index in [2.05, 4.69) is 22.5 Å². The van der Waals surface area contributed by atoms with Crippen LogP contribution in [0.25, 0.3) is 15.7 Å². The van der Waals surface area contributed by atoms with Crippen molar-refractivity contribution in [3.8, 4) is 0 Å². The number of nitrogens with zero attached hydrogens (tertiary/aromatic N) is 3. The largest absolute Gasteiger partial charge is 0.351 e. The Bertz CT molecular complexity index is 1220. The zero-order valence-corrected chi connectivity index (χ0v) is 15.6. The fourth-order valence-corrected chi connectivity index (χ4v) is 4.55. The number of aryl methyl sites for hydroxylation is 1. The average Bonchev–Trinajstić information content (AvgIpc) is 3.09. The van der Waals surface area contributed by atoms with Crippen LogP contribution >= 0.6 is 11.3 Å². The van der Waals surface area contributed by atoms with Crippen LogP contribution in [0.2, 0.25) is 0 Å². The molecule has 1 aromatic carbocycles. The molecule has 0 unspecified atom stereocenters. The van der Waals surface area contributed by atoms with E-state index in [1.54, 1.807) is 11.3 Å². The number of nitrogens with one attached hydrogen (secondary N) is 1. The summed E-state index contributed by atoms with van der Waals surface area (Å²) < 4.78 is 4.17. The van der Waals surface area contributed by atoms with E-state index in [9.17, 15) is 9.59 Å². The Morgan fingerprint density at radius 2 is 2.07 bits per heavy atom. The second kappa shape index (κ2) is 6.06. The van der Waals surface area contributed by atoms with Gasteiger partial charge in [0.1, 0.15) is 17.9 Å². The highest BCUT2D eigenvalue weighted by Gasteiger charge is 2.39. The third-order valence-corrected chi connectivity index (χ3v) is 5.98. The van der Waals surface area contributed by atoms with E-state index >= 15 is 0 Å². The van der Waals surface area contributed by atoms with Crippen molar-refractivity contribution in [1.82, 2.24) is 19.5 Å². The Morgan fingerprint density at radius 3 is 2.89 bits per heavy atom. The molecule has 0 radical (unpaired) electrons. The van der Waals surface area contributed by atoms with Gasteiger partial charge in [0, 0.05) is 12.0 Å². The Hall–Kier alpha value is -2.93. The van der Waals surface area contributed by atoms with Gasteiger partial charge in [-0.1, -0.05) is 30.3 Å². The molecule has 27 heavy (non-hydrogen) atoms. The van der Waals surface area contributed by atoms with Crippen LogP contribution in [0.1, 0.15) is 23.7 Å². The lowest BCUT2D eigenvalue weighted by Crippen LogP contribution is -2.36. The SMILES string of the molecule is Cc1nn(CC(=O)N[C@@H]2C[C@@H]2c2ccccc2)c(=O)c2cc3sccc3n12. The minimum atomic E-state index is -0.241. The fraction of sp³-hybridized carbons (Fsp3) is 0.250. The maximum atomic E-state index is 12.8. The third-order valence-electron chi connectivity index (χ3n) is 5.12. The predicted molar refractivity (Wildman–Crippen MR) is 105 cm³/mol. The molecule has 2 atom stereocenters. The zero-order valence-electron chi connectivity index (χ0n) is 14.8. The summed E-state index contributed by atoms with van der Waals surface area (Å²) in [7, 11) is 0. The van der Waals surface area contributed by atoms with Crippen molar-refractivity contribution in [2.45, 2.75) is 31.8 Å². The molecule has 0 spiro atoms. The van der Waals surface area contributed by atoms with Crippen LogP contribution in [0.4, 0.5) is 0 Å². The van der Waals surface area contributed by atoms with E-state index in [4.69, 9.17) is 0 Å². The second-order valence-corrected chi connectivity index (χ2v) is 7.92. The average molecular weight is 378 g/mol. The number of hydrogen-bond donors (Lipinski definition) is 1. The number of benzene rings is 1. The molecule has 0 aliphatic heterocycles. The Morgan fingerprint density at radius 1 is 1.26 bits per heavy atom. The molecule has 1 fully saturated rings. The lowest BCUT2D eigenvalue weighted by Gasteiger charge is -2.09. The van der Waals surface area contributed by atoms with Crippen LogP contribution in [0.3, 0.4) is 0 Å². The van der Waals surface area contributed by atoms with E-state index in [0.29, 0.717) is 17.3 Å². The minimum Gasteiger partial charge on any atom is -0.351 e. The number of rotatable bonds is 4. The number of hydrogen-bond acceptors (Lipinski definition) is 4. The summed E-state index contributed by atoms with van der Waals surface area (Å²) >= 11 is 1.59. The van der Waals surface area contributed by atoms with Crippen molar-refractivity contribution in [2.24, 2.45) is 0 Å². The Kier molecular flexibility index (Phi) is 3.65. The van der Waals surface area contributed by atoms with Crippen molar-refractivity contribution in [2.75, 3.05) is 0 Å². The summed E-state index contributed by atoms with van der Waals surface area (Å²) in [4.78, 5) is 25.2. The van der Waals surface area contributed by atoms with Crippen molar-refractivity contribution < 1.29 is 4.79 Å².